The van der Waals surface area contributed by atoms with Crippen LogP contribution >= 0.6 is 0 Å². The van der Waals surface area contributed by atoms with Gasteiger partial charge >= 0.3 is 6.18 Å². The van der Waals surface area contributed by atoms with E-state index in [2.05, 4.69) is 4.99 Å². The molecule has 1 saturated carbocycles. The van der Waals surface area contributed by atoms with Crippen molar-refractivity contribution in [2.24, 2.45) is 10.7 Å². The zero-order chi connectivity index (χ0) is 13.8. The van der Waals surface area contributed by atoms with Crippen LogP contribution in [0, 0.1) is 0 Å². The quantitative estimate of drug-likeness (QED) is 0.719. The van der Waals surface area contributed by atoms with Crippen molar-refractivity contribution in [3.63, 3.8) is 0 Å². The third kappa shape index (κ3) is 1.73. The summed E-state index contributed by atoms with van der Waals surface area (Å²) >= 11 is 0. The Kier molecular flexibility index (Phi) is 2.43. The molecule has 0 radical (unpaired) electrons. The van der Waals surface area contributed by atoms with Gasteiger partial charge in [-0.15, -0.1) is 0 Å². The standard InChI is InChI=1S/C13H12F4N2/c14-12-5-1-2-9(12)8-6-7(13(15,16)17)3-4-10(8)19-11(12)18/h3-4,6,9H,1-2,5H2,(H2,18,19). The first-order chi connectivity index (χ1) is 8.82. The lowest BCUT2D eigenvalue weighted by Gasteiger charge is -2.32. The lowest BCUT2D eigenvalue weighted by Crippen LogP contribution is -2.43. The SMILES string of the molecule is NC1=Nc2ccc(C(F)(F)F)cc2C2CCCC12F. The van der Waals surface area contributed by atoms with Gasteiger partial charge in [-0.3, -0.25) is 0 Å². The molecule has 1 aliphatic carbocycles. The molecule has 2 unspecified atom stereocenters. The van der Waals surface area contributed by atoms with Crippen LogP contribution < -0.4 is 5.73 Å². The van der Waals surface area contributed by atoms with Gasteiger partial charge in [0.15, 0.2) is 5.67 Å². The minimum absolute atomic E-state index is 0.109. The number of aliphatic imine (C=N–C) groups is 1. The zero-order valence-corrected chi connectivity index (χ0v) is 9.97. The molecule has 0 amide bonds. The third-order valence-electron chi connectivity index (χ3n) is 3.98. The number of amidine groups is 1. The Hall–Kier alpha value is -1.59. The van der Waals surface area contributed by atoms with Crippen LogP contribution in [-0.2, 0) is 6.18 Å². The fourth-order valence-electron chi connectivity index (χ4n) is 3.01. The summed E-state index contributed by atoms with van der Waals surface area (Å²) in [6.07, 6.45) is -3.10. The molecule has 0 aromatic heterocycles. The van der Waals surface area contributed by atoms with Crippen molar-refractivity contribution < 1.29 is 17.6 Å². The molecule has 2 atom stereocenters. The summed E-state index contributed by atoms with van der Waals surface area (Å²) in [4.78, 5) is 3.94. The minimum atomic E-state index is -4.43. The molecule has 2 nitrogen and oxygen atoms in total. The topological polar surface area (TPSA) is 38.4 Å². The molecule has 0 saturated heterocycles. The molecule has 1 aromatic carbocycles. The molecular weight excluding hydrogens is 260 g/mol. The lowest BCUT2D eigenvalue weighted by molar-refractivity contribution is -0.137. The van der Waals surface area contributed by atoms with Gasteiger partial charge in [-0.1, -0.05) is 0 Å². The number of halogens is 4. The summed E-state index contributed by atoms with van der Waals surface area (Å²) in [6.45, 7) is 0. The predicted octanol–water partition coefficient (Wildman–Crippen LogP) is 3.68. The van der Waals surface area contributed by atoms with Gasteiger partial charge in [0.25, 0.3) is 0 Å². The molecule has 2 aliphatic rings. The molecule has 1 aliphatic heterocycles. The Bertz CT molecular complexity index is 564. The van der Waals surface area contributed by atoms with Gasteiger partial charge in [0.05, 0.1) is 11.3 Å². The number of fused-ring (bicyclic) bond motifs is 3. The Labute approximate surface area is 107 Å². The van der Waals surface area contributed by atoms with Crippen LogP contribution in [-0.4, -0.2) is 11.5 Å². The summed E-state index contributed by atoms with van der Waals surface area (Å²) in [6, 6.07) is 3.23. The van der Waals surface area contributed by atoms with E-state index in [0.717, 1.165) is 12.1 Å². The number of benzene rings is 1. The first-order valence-corrected chi connectivity index (χ1v) is 6.07. The molecule has 102 valence electrons. The number of alkyl halides is 4. The maximum absolute atomic E-state index is 14.7. The zero-order valence-electron chi connectivity index (χ0n) is 9.97. The fourth-order valence-corrected chi connectivity index (χ4v) is 3.01. The van der Waals surface area contributed by atoms with Crippen molar-refractivity contribution >= 4 is 11.5 Å². The van der Waals surface area contributed by atoms with Gasteiger partial charge in [-0.05, 0) is 43.0 Å². The monoisotopic (exact) mass is 272 g/mol. The highest BCUT2D eigenvalue weighted by molar-refractivity contribution is 5.95. The number of hydrogen-bond donors (Lipinski definition) is 1. The minimum Gasteiger partial charge on any atom is -0.384 e. The van der Waals surface area contributed by atoms with Gasteiger partial charge < -0.3 is 5.73 Å². The second-order valence-electron chi connectivity index (χ2n) is 5.08. The normalized spacial score (nSPS) is 29.7. The van der Waals surface area contributed by atoms with Crippen molar-refractivity contribution in [1.29, 1.82) is 0 Å². The first kappa shape index (κ1) is 12.4. The van der Waals surface area contributed by atoms with Crippen LogP contribution in [0.4, 0.5) is 23.2 Å². The summed E-state index contributed by atoms with van der Waals surface area (Å²) in [5.74, 6) is -0.718. The van der Waals surface area contributed by atoms with Gasteiger partial charge in [-0.25, -0.2) is 9.38 Å². The summed E-state index contributed by atoms with van der Waals surface area (Å²) in [7, 11) is 0. The molecule has 0 spiro atoms. The maximum atomic E-state index is 14.7. The molecule has 0 bridgehead atoms. The highest BCUT2D eigenvalue weighted by Gasteiger charge is 2.50. The van der Waals surface area contributed by atoms with E-state index in [0.29, 0.717) is 24.1 Å². The first-order valence-electron chi connectivity index (χ1n) is 6.07. The lowest BCUT2D eigenvalue weighted by atomic mass is 9.82. The molecule has 1 aromatic rings. The van der Waals surface area contributed by atoms with E-state index in [4.69, 9.17) is 5.73 Å². The number of nitrogens with two attached hydrogens (primary N) is 1. The van der Waals surface area contributed by atoms with Crippen molar-refractivity contribution in [3.8, 4) is 0 Å². The van der Waals surface area contributed by atoms with Crippen molar-refractivity contribution in [3.05, 3.63) is 29.3 Å². The van der Waals surface area contributed by atoms with E-state index >= 15 is 0 Å². The highest BCUT2D eigenvalue weighted by Crippen LogP contribution is 2.52. The smallest absolute Gasteiger partial charge is 0.384 e. The molecule has 3 rings (SSSR count). The number of rotatable bonds is 0. The number of nitrogens with zero attached hydrogens (tertiary/aromatic N) is 1. The average molecular weight is 272 g/mol. The highest BCUT2D eigenvalue weighted by atomic mass is 19.4. The molecule has 1 heterocycles. The molecule has 1 fully saturated rings. The number of hydrogen-bond acceptors (Lipinski definition) is 2. The second kappa shape index (κ2) is 3.71. The average Bonchev–Trinajstić information content (AvgIpc) is 2.72. The molecular formula is C13H12F4N2. The largest absolute Gasteiger partial charge is 0.416 e. The Balaban J connectivity index is 2.16. The van der Waals surface area contributed by atoms with E-state index in [1.54, 1.807) is 0 Å². The van der Waals surface area contributed by atoms with Gasteiger partial charge in [-0.2, -0.15) is 13.2 Å². The van der Waals surface area contributed by atoms with E-state index < -0.39 is 23.3 Å². The molecule has 6 heteroatoms. The predicted molar refractivity (Wildman–Crippen MR) is 63.2 cm³/mol. The second-order valence-corrected chi connectivity index (χ2v) is 5.08. The maximum Gasteiger partial charge on any atom is 0.416 e. The van der Waals surface area contributed by atoms with Gasteiger partial charge in [0, 0.05) is 5.92 Å². The Morgan fingerprint density at radius 2 is 2.05 bits per heavy atom. The van der Waals surface area contributed by atoms with Crippen LogP contribution in [0.15, 0.2) is 23.2 Å². The van der Waals surface area contributed by atoms with Crippen LogP contribution in [0.2, 0.25) is 0 Å². The van der Waals surface area contributed by atoms with Crippen LogP contribution in [0.5, 0.6) is 0 Å². The Morgan fingerprint density at radius 1 is 1.32 bits per heavy atom. The van der Waals surface area contributed by atoms with Crippen molar-refractivity contribution in [2.45, 2.75) is 37.0 Å². The van der Waals surface area contributed by atoms with Crippen molar-refractivity contribution in [2.75, 3.05) is 0 Å². The molecule has 19 heavy (non-hydrogen) atoms. The summed E-state index contributed by atoms with van der Waals surface area (Å²) in [5.41, 5.74) is 3.77. The van der Waals surface area contributed by atoms with Gasteiger partial charge in [0.1, 0.15) is 5.84 Å². The van der Waals surface area contributed by atoms with E-state index in [1.807, 2.05) is 0 Å². The van der Waals surface area contributed by atoms with E-state index in [-0.39, 0.29) is 12.3 Å². The van der Waals surface area contributed by atoms with Crippen molar-refractivity contribution in [1.82, 2.24) is 0 Å². The fraction of sp³-hybridized carbons (Fsp3) is 0.462. The summed E-state index contributed by atoms with van der Waals surface area (Å²) in [5, 5.41) is 0. The van der Waals surface area contributed by atoms with E-state index in [1.165, 1.54) is 6.07 Å². The van der Waals surface area contributed by atoms with Crippen LogP contribution in [0.25, 0.3) is 0 Å². The van der Waals surface area contributed by atoms with E-state index in [9.17, 15) is 17.6 Å². The molecule has 2 N–H and O–H groups in total. The van der Waals surface area contributed by atoms with Crippen LogP contribution in [0.3, 0.4) is 0 Å². The van der Waals surface area contributed by atoms with Gasteiger partial charge in [0.2, 0.25) is 0 Å². The van der Waals surface area contributed by atoms with Crippen LogP contribution in [0.1, 0.15) is 36.3 Å². The Morgan fingerprint density at radius 3 is 2.74 bits per heavy atom. The third-order valence-corrected chi connectivity index (χ3v) is 3.98. The summed E-state index contributed by atoms with van der Waals surface area (Å²) < 4.78 is 52.9.